The van der Waals surface area contributed by atoms with Crippen molar-refractivity contribution in [3.63, 3.8) is 0 Å². The summed E-state index contributed by atoms with van der Waals surface area (Å²) in [5.74, 6) is -3.33. The molecule has 2 rings (SSSR count). The number of hydrogen-bond donors (Lipinski definition) is 2. The molecule has 0 aromatic heterocycles. The number of nitrogens with one attached hydrogen (secondary N) is 2. The van der Waals surface area contributed by atoms with Gasteiger partial charge >= 0.3 is 6.18 Å². The molecule has 2 N–H and O–H groups in total. The summed E-state index contributed by atoms with van der Waals surface area (Å²) in [6.45, 7) is 0. The molecule has 0 saturated heterocycles. The zero-order valence-corrected chi connectivity index (χ0v) is 12.6. The van der Waals surface area contributed by atoms with Crippen LogP contribution in [0.2, 0.25) is 0 Å². The number of anilines is 1. The molecule has 126 valence electrons. The third kappa shape index (κ3) is 4.25. The maximum atomic E-state index is 13.5. The van der Waals surface area contributed by atoms with Crippen molar-refractivity contribution < 1.29 is 26.7 Å². The SMILES string of the molecule is O=C(NC(=S)Nc1cccc(C(F)(F)F)c1)c1c(F)cccc1F. The summed E-state index contributed by atoms with van der Waals surface area (Å²) in [6, 6.07) is 6.94. The molecule has 2 aromatic rings. The van der Waals surface area contributed by atoms with E-state index in [4.69, 9.17) is 12.2 Å². The Morgan fingerprint density at radius 3 is 2.17 bits per heavy atom. The highest BCUT2D eigenvalue weighted by Crippen LogP contribution is 2.30. The molecule has 0 bridgehead atoms. The van der Waals surface area contributed by atoms with Gasteiger partial charge in [0, 0.05) is 5.69 Å². The van der Waals surface area contributed by atoms with Crippen molar-refractivity contribution in [1.29, 1.82) is 0 Å². The van der Waals surface area contributed by atoms with Gasteiger partial charge in [0.1, 0.15) is 17.2 Å². The number of alkyl halides is 3. The number of carbonyl (C=O) groups excluding carboxylic acids is 1. The van der Waals surface area contributed by atoms with E-state index in [2.05, 4.69) is 5.32 Å². The lowest BCUT2D eigenvalue weighted by molar-refractivity contribution is -0.137. The van der Waals surface area contributed by atoms with Gasteiger partial charge < -0.3 is 5.32 Å². The first-order chi connectivity index (χ1) is 11.2. The van der Waals surface area contributed by atoms with Gasteiger partial charge in [-0.15, -0.1) is 0 Å². The average Bonchev–Trinajstić information content (AvgIpc) is 2.46. The third-order valence-electron chi connectivity index (χ3n) is 2.86. The first-order valence-corrected chi connectivity index (χ1v) is 6.83. The molecule has 0 aliphatic carbocycles. The minimum atomic E-state index is -4.54. The molecular weight excluding hydrogens is 351 g/mol. The fraction of sp³-hybridized carbons (Fsp3) is 0.0667. The second-order valence-electron chi connectivity index (χ2n) is 4.58. The Balaban J connectivity index is 2.10. The summed E-state index contributed by atoms with van der Waals surface area (Å²) in [6.07, 6.45) is -4.54. The summed E-state index contributed by atoms with van der Waals surface area (Å²) in [4.78, 5) is 11.8. The lowest BCUT2D eigenvalue weighted by Gasteiger charge is -2.12. The quantitative estimate of drug-likeness (QED) is 0.626. The van der Waals surface area contributed by atoms with Gasteiger partial charge in [-0.2, -0.15) is 13.2 Å². The van der Waals surface area contributed by atoms with Gasteiger partial charge in [-0.05, 0) is 42.5 Å². The number of amides is 1. The molecule has 0 heterocycles. The molecule has 0 unspecified atom stereocenters. The highest BCUT2D eigenvalue weighted by atomic mass is 32.1. The van der Waals surface area contributed by atoms with Crippen LogP contribution < -0.4 is 10.6 Å². The van der Waals surface area contributed by atoms with Crippen molar-refractivity contribution in [3.8, 4) is 0 Å². The minimum Gasteiger partial charge on any atom is -0.332 e. The Bertz CT molecular complexity index is 771. The van der Waals surface area contributed by atoms with E-state index in [1.807, 2.05) is 5.32 Å². The summed E-state index contributed by atoms with van der Waals surface area (Å²) in [5.41, 5.74) is -1.79. The van der Waals surface area contributed by atoms with E-state index < -0.39 is 40.0 Å². The van der Waals surface area contributed by atoms with Crippen LogP contribution in [0.5, 0.6) is 0 Å². The molecule has 0 saturated carbocycles. The molecule has 1 amide bonds. The monoisotopic (exact) mass is 360 g/mol. The Labute approximate surface area is 138 Å². The molecule has 24 heavy (non-hydrogen) atoms. The van der Waals surface area contributed by atoms with Crippen LogP contribution in [-0.2, 0) is 6.18 Å². The van der Waals surface area contributed by atoms with E-state index in [0.717, 1.165) is 36.4 Å². The third-order valence-corrected chi connectivity index (χ3v) is 3.07. The number of rotatable bonds is 2. The van der Waals surface area contributed by atoms with Gasteiger partial charge in [0.05, 0.1) is 5.56 Å². The van der Waals surface area contributed by atoms with Crippen LogP contribution in [0.15, 0.2) is 42.5 Å². The first kappa shape index (κ1) is 17.8. The Morgan fingerprint density at radius 2 is 1.58 bits per heavy atom. The number of thiocarbonyl (C=S) groups is 1. The average molecular weight is 360 g/mol. The molecule has 0 aliphatic rings. The zero-order chi connectivity index (χ0) is 17.9. The summed E-state index contributed by atoms with van der Waals surface area (Å²) >= 11 is 4.77. The van der Waals surface area contributed by atoms with E-state index in [9.17, 15) is 26.7 Å². The molecule has 0 aliphatic heterocycles. The molecular formula is C15H9F5N2OS. The van der Waals surface area contributed by atoms with E-state index in [1.54, 1.807) is 0 Å². The number of benzene rings is 2. The van der Waals surface area contributed by atoms with Gasteiger partial charge in [0.15, 0.2) is 5.11 Å². The van der Waals surface area contributed by atoms with Crippen LogP contribution in [0.25, 0.3) is 0 Å². The second kappa shape index (κ2) is 6.91. The van der Waals surface area contributed by atoms with Crippen molar-refractivity contribution in [2.24, 2.45) is 0 Å². The molecule has 3 nitrogen and oxygen atoms in total. The maximum absolute atomic E-state index is 13.5. The molecule has 0 atom stereocenters. The summed E-state index contributed by atoms with van der Waals surface area (Å²) < 4.78 is 64.8. The molecule has 0 radical (unpaired) electrons. The van der Waals surface area contributed by atoms with Gasteiger partial charge in [-0.25, -0.2) is 8.78 Å². The number of halogens is 5. The van der Waals surface area contributed by atoms with Gasteiger partial charge in [-0.1, -0.05) is 12.1 Å². The Hall–Kier alpha value is -2.55. The summed E-state index contributed by atoms with van der Waals surface area (Å²) in [5, 5.41) is 3.95. The maximum Gasteiger partial charge on any atom is 0.416 e. The number of carbonyl (C=O) groups is 1. The fourth-order valence-electron chi connectivity index (χ4n) is 1.82. The van der Waals surface area contributed by atoms with Gasteiger partial charge in [0.25, 0.3) is 5.91 Å². The minimum absolute atomic E-state index is 0.0378. The van der Waals surface area contributed by atoms with Crippen molar-refractivity contribution >= 4 is 28.9 Å². The van der Waals surface area contributed by atoms with E-state index in [0.29, 0.717) is 0 Å². The Kier molecular flexibility index (Phi) is 5.13. The van der Waals surface area contributed by atoms with Crippen LogP contribution in [0, 0.1) is 11.6 Å². The lowest BCUT2D eigenvalue weighted by Crippen LogP contribution is -2.35. The van der Waals surface area contributed by atoms with E-state index in [-0.39, 0.29) is 5.69 Å². The zero-order valence-electron chi connectivity index (χ0n) is 11.7. The highest BCUT2D eigenvalue weighted by molar-refractivity contribution is 7.80. The summed E-state index contributed by atoms with van der Waals surface area (Å²) in [7, 11) is 0. The molecule has 0 fully saturated rings. The topological polar surface area (TPSA) is 41.1 Å². The van der Waals surface area contributed by atoms with Crippen LogP contribution >= 0.6 is 12.2 Å². The normalized spacial score (nSPS) is 11.0. The Morgan fingerprint density at radius 1 is 1.00 bits per heavy atom. The van der Waals surface area contributed by atoms with Crippen molar-refractivity contribution in [2.75, 3.05) is 5.32 Å². The first-order valence-electron chi connectivity index (χ1n) is 6.42. The fourth-order valence-corrected chi connectivity index (χ4v) is 2.03. The lowest BCUT2D eigenvalue weighted by atomic mass is 10.2. The van der Waals surface area contributed by atoms with Gasteiger partial charge in [-0.3, -0.25) is 10.1 Å². The standard InChI is InChI=1S/C15H9F5N2OS/c16-10-5-2-6-11(17)12(10)13(23)22-14(24)21-9-4-1-3-8(7-9)15(18,19)20/h1-7H,(H2,21,22,23,24). The number of hydrogen-bond acceptors (Lipinski definition) is 2. The predicted octanol–water partition coefficient (Wildman–Crippen LogP) is 4.11. The highest BCUT2D eigenvalue weighted by Gasteiger charge is 2.30. The smallest absolute Gasteiger partial charge is 0.332 e. The van der Waals surface area contributed by atoms with E-state index in [1.165, 1.54) is 6.07 Å². The molecule has 2 aromatic carbocycles. The van der Waals surface area contributed by atoms with Crippen LogP contribution in [0.3, 0.4) is 0 Å². The second-order valence-corrected chi connectivity index (χ2v) is 4.99. The van der Waals surface area contributed by atoms with Crippen molar-refractivity contribution in [3.05, 3.63) is 65.2 Å². The predicted molar refractivity (Wildman–Crippen MR) is 81.5 cm³/mol. The van der Waals surface area contributed by atoms with Crippen LogP contribution in [0.4, 0.5) is 27.6 Å². The molecule has 0 spiro atoms. The van der Waals surface area contributed by atoms with Gasteiger partial charge in [0.2, 0.25) is 0 Å². The van der Waals surface area contributed by atoms with Crippen molar-refractivity contribution in [1.82, 2.24) is 5.32 Å². The van der Waals surface area contributed by atoms with Crippen molar-refractivity contribution in [2.45, 2.75) is 6.18 Å². The van der Waals surface area contributed by atoms with E-state index >= 15 is 0 Å². The van der Waals surface area contributed by atoms with Crippen LogP contribution in [-0.4, -0.2) is 11.0 Å². The van der Waals surface area contributed by atoms with Crippen LogP contribution in [0.1, 0.15) is 15.9 Å². The largest absolute Gasteiger partial charge is 0.416 e. The molecule has 9 heteroatoms.